The first-order chi connectivity index (χ1) is 14.6. The summed E-state index contributed by atoms with van der Waals surface area (Å²) in [4.78, 5) is 4.72. The summed E-state index contributed by atoms with van der Waals surface area (Å²) in [6, 6.07) is 10.3. The van der Waals surface area contributed by atoms with Gasteiger partial charge in [-0.05, 0) is 44.0 Å². The number of hydrogen-bond acceptors (Lipinski definition) is 5. The molecule has 3 aromatic rings. The van der Waals surface area contributed by atoms with Crippen LogP contribution in [0.5, 0.6) is 0 Å². The SMILES string of the molecule is COCCCNC(=NCc1nnc(C)n1C)NC(C)c1cccc(-n2cccn2)c1.I. The minimum Gasteiger partial charge on any atom is -0.385 e. The molecule has 0 saturated heterocycles. The van der Waals surface area contributed by atoms with E-state index in [4.69, 9.17) is 9.73 Å². The van der Waals surface area contributed by atoms with Gasteiger partial charge < -0.3 is 19.9 Å². The highest BCUT2D eigenvalue weighted by Crippen LogP contribution is 2.16. The van der Waals surface area contributed by atoms with Crippen molar-refractivity contribution in [3.05, 3.63) is 59.9 Å². The van der Waals surface area contributed by atoms with Gasteiger partial charge in [-0.2, -0.15) is 5.10 Å². The highest BCUT2D eigenvalue weighted by atomic mass is 127. The summed E-state index contributed by atoms with van der Waals surface area (Å²) in [6.45, 7) is 5.94. The maximum absolute atomic E-state index is 5.14. The van der Waals surface area contributed by atoms with Crippen molar-refractivity contribution in [2.75, 3.05) is 20.3 Å². The molecule has 31 heavy (non-hydrogen) atoms. The number of ether oxygens (including phenoxy) is 1. The molecule has 0 saturated carbocycles. The van der Waals surface area contributed by atoms with Crippen LogP contribution in [0.15, 0.2) is 47.7 Å². The van der Waals surface area contributed by atoms with Crippen molar-refractivity contribution in [1.82, 2.24) is 35.2 Å². The van der Waals surface area contributed by atoms with E-state index < -0.39 is 0 Å². The van der Waals surface area contributed by atoms with E-state index in [9.17, 15) is 0 Å². The zero-order valence-electron chi connectivity index (χ0n) is 18.4. The Morgan fingerprint density at radius 1 is 1.26 bits per heavy atom. The highest BCUT2D eigenvalue weighted by molar-refractivity contribution is 14.0. The fourth-order valence-electron chi connectivity index (χ4n) is 2.96. The molecule has 0 spiro atoms. The normalized spacial score (nSPS) is 12.3. The third kappa shape index (κ3) is 7.03. The summed E-state index contributed by atoms with van der Waals surface area (Å²) >= 11 is 0. The third-order valence-electron chi connectivity index (χ3n) is 4.87. The fourth-order valence-corrected chi connectivity index (χ4v) is 2.96. The Hall–Kier alpha value is -2.47. The standard InChI is InChI=1S/C21H30N8O.HI/c1-16(18-8-5-9-19(14-18)29-12-6-11-24-29)25-21(22-10-7-13-30-4)23-15-20-27-26-17(2)28(20)3;/h5-6,8-9,11-12,14,16H,7,10,13,15H2,1-4H3,(H2,22,23,25);1H. The van der Waals surface area contributed by atoms with Crippen LogP contribution in [0.25, 0.3) is 5.69 Å². The third-order valence-corrected chi connectivity index (χ3v) is 4.87. The number of halogens is 1. The van der Waals surface area contributed by atoms with Gasteiger partial charge in [0, 0.05) is 39.7 Å². The van der Waals surface area contributed by atoms with Crippen LogP contribution in [0.1, 0.15) is 36.6 Å². The molecule has 0 aliphatic rings. The molecule has 1 unspecified atom stereocenters. The number of nitrogens with zero attached hydrogens (tertiary/aromatic N) is 6. The van der Waals surface area contributed by atoms with Crippen molar-refractivity contribution in [1.29, 1.82) is 0 Å². The quantitative estimate of drug-likeness (QED) is 0.188. The summed E-state index contributed by atoms with van der Waals surface area (Å²) in [6.07, 6.45) is 4.60. The van der Waals surface area contributed by atoms with Crippen molar-refractivity contribution in [3.63, 3.8) is 0 Å². The van der Waals surface area contributed by atoms with Crippen molar-refractivity contribution < 1.29 is 4.74 Å². The molecule has 0 aliphatic heterocycles. The number of aryl methyl sites for hydroxylation is 1. The monoisotopic (exact) mass is 538 g/mol. The molecule has 2 N–H and O–H groups in total. The zero-order valence-corrected chi connectivity index (χ0v) is 20.8. The van der Waals surface area contributed by atoms with Gasteiger partial charge in [-0.25, -0.2) is 9.67 Å². The molecule has 2 aromatic heterocycles. The highest BCUT2D eigenvalue weighted by Gasteiger charge is 2.11. The lowest BCUT2D eigenvalue weighted by atomic mass is 10.1. The Kier molecular flexibility index (Phi) is 9.92. The Bertz CT molecular complexity index is 954. The van der Waals surface area contributed by atoms with Gasteiger partial charge in [0.25, 0.3) is 0 Å². The minimum absolute atomic E-state index is 0. The van der Waals surface area contributed by atoms with Crippen molar-refractivity contribution >= 4 is 29.9 Å². The second kappa shape index (κ2) is 12.4. The summed E-state index contributed by atoms with van der Waals surface area (Å²) < 4.78 is 8.94. The Labute approximate surface area is 200 Å². The number of rotatable bonds is 9. The van der Waals surface area contributed by atoms with Crippen molar-refractivity contribution in [3.8, 4) is 5.69 Å². The van der Waals surface area contributed by atoms with E-state index in [0.29, 0.717) is 13.2 Å². The smallest absolute Gasteiger partial charge is 0.192 e. The van der Waals surface area contributed by atoms with Crippen LogP contribution in [0.4, 0.5) is 0 Å². The van der Waals surface area contributed by atoms with Gasteiger partial charge >= 0.3 is 0 Å². The van der Waals surface area contributed by atoms with Crippen molar-refractivity contribution in [2.24, 2.45) is 12.0 Å². The van der Waals surface area contributed by atoms with Gasteiger partial charge in [0.2, 0.25) is 0 Å². The van der Waals surface area contributed by atoms with Crippen LogP contribution in [-0.4, -0.2) is 50.8 Å². The molecule has 2 heterocycles. The molecule has 0 aliphatic carbocycles. The van der Waals surface area contributed by atoms with E-state index in [-0.39, 0.29) is 30.0 Å². The lowest BCUT2D eigenvalue weighted by molar-refractivity contribution is 0.195. The van der Waals surface area contributed by atoms with Gasteiger partial charge in [0.1, 0.15) is 12.4 Å². The van der Waals surface area contributed by atoms with Crippen LogP contribution >= 0.6 is 24.0 Å². The van der Waals surface area contributed by atoms with Gasteiger partial charge in [0.15, 0.2) is 11.8 Å². The average Bonchev–Trinajstić information content (AvgIpc) is 3.40. The largest absolute Gasteiger partial charge is 0.385 e. The summed E-state index contributed by atoms with van der Waals surface area (Å²) in [7, 11) is 3.65. The molecular weight excluding hydrogens is 507 g/mol. The number of methoxy groups -OCH3 is 1. The van der Waals surface area contributed by atoms with E-state index in [0.717, 1.165) is 41.8 Å². The van der Waals surface area contributed by atoms with Crippen LogP contribution in [0.3, 0.4) is 0 Å². The fraction of sp³-hybridized carbons (Fsp3) is 0.429. The number of hydrogen-bond donors (Lipinski definition) is 2. The molecule has 3 rings (SSSR count). The van der Waals surface area contributed by atoms with Crippen LogP contribution in [0, 0.1) is 6.92 Å². The Morgan fingerprint density at radius 3 is 2.77 bits per heavy atom. The first-order valence-electron chi connectivity index (χ1n) is 10.1. The van der Waals surface area contributed by atoms with E-state index in [1.54, 1.807) is 13.3 Å². The predicted octanol–water partition coefficient (Wildman–Crippen LogP) is 2.76. The molecule has 0 bridgehead atoms. The molecule has 168 valence electrons. The zero-order chi connectivity index (χ0) is 21.3. The van der Waals surface area contributed by atoms with Gasteiger partial charge in [-0.3, -0.25) is 0 Å². The van der Waals surface area contributed by atoms with Gasteiger partial charge in [-0.15, -0.1) is 34.2 Å². The van der Waals surface area contributed by atoms with Gasteiger partial charge in [0.05, 0.1) is 11.7 Å². The number of aromatic nitrogens is 5. The first-order valence-corrected chi connectivity index (χ1v) is 10.1. The number of benzene rings is 1. The summed E-state index contributed by atoms with van der Waals surface area (Å²) in [5.41, 5.74) is 2.16. The lowest BCUT2D eigenvalue weighted by Crippen LogP contribution is -2.39. The molecule has 1 aromatic carbocycles. The average molecular weight is 538 g/mol. The second-order valence-electron chi connectivity index (χ2n) is 7.07. The van der Waals surface area contributed by atoms with Crippen LogP contribution < -0.4 is 10.6 Å². The number of guanidine groups is 1. The topological polar surface area (TPSA) is 94.2 Å². The van der Waals surface area contributed by atoms with E-state index in [1.165, 1.54) is 0 Å². The molecule has 9 nitrogen and oxygen atoms in total. The maximum Gasteiger partial charge on any atom is 0.192 e. The maximum atomic E-state index is 5.14. The Balaban J connectivity index is 0.00000341. The van der Waals surface area contributed by atoms with E-state index in [2.05, 4.69) is 45.0 Å². The molecule has 10 heteroatoms. The molecule has 0 radical (unpaired) electrons. The lowest BCUT2D eigenvalue weighted by Gasteiger charge is -2.19. The second-order valence-corrected chi connectivity index (χ2v) is 7.07. The molecular formula is C21H31IN8O. The van der Waals surface area contributed by atoms with E-state index in [1.807, 2.05) is 47.6 Å². The minimum atomic E-state index is 0. The predicted molar refractivity (Wildman–Crippen MR) is 132 cm³/mol. The molecule has 0 fully saturated rings. The molecule has 1 atom stereocenters. The van der Waals surface area contributed by atoms with Crippen LogP contribution in [0.2, 0.25) is 0 Å². The van der Waals surface area contributed by atoms with Crippen molar-refractivity contribution in [2.45, 2.75) is 32.9 Å². The number of aliphatic imine (C=N–C) groups is 1. The summed E-state index contributed by atoms with van der Waals surface area (Å²) in [5, 5.41) is 19.5. The van der Waals surface area contributed by atoms with Crippen LogP contribution in [-0.2, 0) is 18.3 Å². The number of nitrogens with one attached hydrogen (secondary N) is 2. The Morgan fingerprint density at radius 2 is 2.10 bits per heavy atom. The first kappa shape index (κ1) is 24.8. The molecule has 0 amide bonds. The van der Waals surface area contributed by atoms with E-state index >= 15 is 0 Å². The summed E-state index contributed by atoms with van der Waals surface area (Å²) in [5.74, 6) is 2.41. The van der Waals surface area contributed by atoms with Gasteiger partial charge in [-0.1, -0.05) is 12.1 Å².